The topological polar surface area (TPSA) is 84.4 Å². The SMILES string of the molecule is c1cnc2c(NCC3CNCCO3)nc(-c3ccc(N4CCOCC4)cc3)cc2n1. The maximum atomic E-state index is 5.80. The van der Waals surface area contributed by atoms with Gasteiger partial charge in [-0.3, -0.25) is 4.98 Å². The van der Waals surface area contributed by atoms with E-state index in [1.807, 2.05) is 6.07 Å². The first-order valence-corrected chi connectivity index (χ1v) is 10.5. The first-order valence-electron chi connectivity index (χ1n) is 10.5. The average molecular weight is 406 g/mol. The number of fused-ring (bicyclic) bond motifs is 1. The molecule has 0 saturated carbocycles. The molecule has 2 aliphatic rings. The van der Waals surface area contributed by atoms with Crippen LogP contribution in [0.3, 0.4) is 0 Å². The molecule has 0 radical (unpaired) electrons. The fourth-order valence-electron chi connectivity index (χ4n) is 3.87. The third kappa shape index (κ3) is 4.21. The first kappa shape index (κ1) is 19.2. The molecule has 30 heavy (non-hydrogen) atoms. The number of pyridine rings is 1. The number of hydrogen-bond acceptors (Lipinski definition) is 8. The molecule has 2 fully saturated rings. The summed E-state index contributed by atoms with van der Waals surface area (Å²) in [4.78, 5) is 16.2. The van der Waals surface area contributed by atoms with Crippen molar-refractivity contribution in [3.63, 3.8) is 0 Å². The van der Waals surface area contributed by atoms with Crippen LogP contribution in [0.2, 0.25) is 0 Å². The van der Waals surface area contributed by atoms with Crippen LogP contribution in [-0.2, 0) is 9.47 Å². The zero-order chi connectivity index (χ0) is 20.2. The van der Waals surface area contributed by atoms with Gasteiger partial charge in [0.2, 0.25) is 0 Å². The number of nitrogens with zero attached hydrogens (tertiary/aromatic N) is 4. The standard InChI is InChI=1S/C22H26N6O2/c1-3-17(28-8-11-29-12-9-28)4-2-16(1)19-13-20-21(25-6-5-24-20)22(27-19)26-15-18-14-23-7-10-30-18/h1-6,13,18,23H,7-12,14-15H2,(H,26,27). The van der Waals surface area contributed by atoms with Crippen LogP contribution in [0, 0.1) is 0 Å². The van der Waals surface area contributed by atoms with Crippen LogP contribution in [-0.4, -0.2) is 73.6 Å². The minimum Gasteiger partial charge on any atom is -0.378 e. The zero-order valence-electron chi connectivity index (χ0n) is 16.9. The molecule has 3 aromatic rings. The Bertz CT molecular complexity index is 985. The van der Waals surface area contributed by atoms with Gasteiger partial charge >= 0.3 is 0 Å². The van der Waals surface area contributed by atoms with Gasteiger partial charge in [0, 0.05) is 56.4 Å². The summed E-state index contributed by atoms with van der Waals surface area (Å²) in [5, 5.41) is 6.78. The highest BCUT2D eigenvalue weighted by molar-refractivity contribution is 5.88. The van der Waals surface area contributed by atoms with Crippen molar-refractivity contribution >= 4 is 22.5 Å². The molecule has 156 valence electrons. The van der Waals surface area contributed by atoms with Crippen LogP contribution in [0.5, 0.6) is 0 Å². The summed E-state index contributed by atoms with van der Waals surface area (Å²) in [5.41, 5.74) is 4.74. The molecular weight excluding hydrogens is 380 g/mol. The lowest BCUT2D eigenvalue weighted by Gasteiger charge is -2.28. The van der Waals surface area contributed by atoms with Gasteiger partial charge in [-0.05, 0) is 18.2 Å². The van der Waals surface area contributed by atoms with Gasteiger partial charge in [0.15, 0.2) is 5.82 Å². The Labute approximate surface area is 175 Å². The van der Waals surface area contributed by atoms with E-state index >= 15 is 0 Å². The van der Waals surface area contributed by atoms with Gasteiger partial charge in [-0.2, -0.15) is 0 Å². The van der Waals surface area contributed by atoms with Crippen molar-refractivity contribution < 1.29 is 9.47 Å². The van der Waals surface area contributed by atoms with Crippen molar-refractivity contribution in [3.8, 4) is 11.3 Å². The molecule has 2 aromatic heterocycles. The molecule has 1 atom stereocenters. The quantitative estimate of drug-likeness (QED) is 0.665. The van der Waals surface area contributed by atoms with Crippen LogP contribution in [0.1, 0.15) is 0 Å². The van der Waals surface area contributed by atoms with Crippen molar-refractivity contribution in [3.05, 3.63) is 42.7 Å². The van der Waals surface area contributed by atoms with Crippen molar-refractivity contribution in [2.45, 2.75) is 6.10 Å². The highest BCUT2D eigenvalue weighted by Gasteiger charge is 2.16. The van der Waals surface area contributed by atoms with Crippen LogP contribution in [0.15, 0.2) is 42.7 Å². The van der Waals surface area contributed by atoms with E-state index in [1.165, 1.54) is 5.69 Å². The van der Waals surface area contributed by atoms with E-state index < -0.39 is 0 Å². The molecule has 1 aromatic carbocycles. The third-order valence-electron chi connectivity index (χ3n) is 5.50. The maximum absolute atomic E-state index is 5.80. The maximum Gasteiger partial charge on any atom is 0.154 e. The molecule has 0 aliphatic carbocycles. The van der Waals surface area contributed by atoms with E-state index in [0.29, 0.717) is 6.54 Å². The van der Waals surface area contributed by atoms with Gasteiger partial charge in [0.25, 0.3) is 0 Å². The number of benzene rings is 1. The van der Waals surface area contributed by atoms with E-state index in [-0.39, 0.29) is 6.10 Å². The lowest BCUT2D eigenvalue weighted by Crippen LogP contribution is -2.42. The zero-order valence-corrected chi connectivity index (χ0v) is 16.9. The monoisotopic (exact) mass is 406 g/mol. The highest BCUT2D eigenvalue weighted by atomic mass is 16.5. The van der Waals surface area contributed by atoms with E-state index in [4.69, 9.17) is 14.5 Å². The van der Waals surface area contributed by atoms with Gasteiger partial charge in [0.1, 0.15) is 5.52 Å². The number of ether oxygens (including phenoxy) is 2. The third-order valence-corrected chi connectivity index (χ3v) is 5.50. The number of hydrogen-bond donors (Lipinski definition) is 2. The molecule has 4 heterocycles. The average Bonchev–Trinajstić information content (AvgIpc) is 2.84. The lowest BCUT2D eigenvalue weighted by atomic mass is 10.1. The van der Waals surface area contributed by atoms with Gasteiger partial charge in [-0.15, -0.1) is 0 Å². The highest BCUT2D eigenvalue weighted by Crippen LogP contribution is 2.27. The van der Waals surface area contributed by atoms with E-state index in [0.717, 1.165) is 74.1 Å². The van der Waals surface area contributed by atoms with Gasteiger partial charge < -0.3 is 25.0 Å². The predicted molar refractivity (Wildman–Crippen MR) is 117 cm³/mol. The summed E-state index contributed by atoms with van der Waals surface area (Å²) < 4.78 is 11.2. The number of nitrogens with one attached hydrogen (secondary N) is 2. The molecule has 5 rings (SSSR count). The lowest BCUT2D eigenvalue weighted by molar-refractivity contribution is 0.0372. The van der Waals surface area contributed by atoms with Crippen molar-refractivity contribution in [1.29, 1.82) is 0 Å². The molecule has 0 spiro atoms. The summed E-state index contributed by atoms with van der Waals surface area (Å²) in [7, 11) is 0. The number of rotatable bonds is 5. The Morgan fingerprint density at radius 1 is 1.07 bits per heavy atom. The molecule has 1 unspecified atom stereocenters. The van der Waals surface area contributed by atoms with Crippen LogP contribution >= 0.6 is 0 Å². The fourth-order valence-corrected chi connectivity index (χ4v) is 3.87. The van der Waals surface area contributed by atoms with Crippen LogP contribution in [0.25, 0.3) is 22.3 Å². The van der Waals surface area contributed by atoms with Gasteiger partial charge in [-0.1, -0.05) is 12.1 Å². The van der Waals surface area contributed by atoms with Crippen LogP contribution in [0.4, 0.5) is 11.5 Å². The molecular formula is C22H26N6O2. The van der Waals surface area contributed by atoms with Crippen molar-refractivity contribution in [1.82, 2.24) is 20.3 Å². The summed E-state index contributed by atoms with van der Waals surface area (Å²) >= 11 is 0. The second-order valence-electron chi connectivity index (χ2n) is 7.50. The minimum atomic E-state index is 0.115. The summed E-state index contributed by atoms with van der Waals surface area (Å²) in [5.74, 6) is 0.738. The molecule has 8 nitrogen and oxygen atoms in total. The Hall–Kier alpha value is -2.81. The molecule has 2 saturated heterocycles. The molecule has 0 amide bonds. The second-order valence-corrected chi connectivity index (χ2v) is 7.50. The van der Waals surface area contributed by atoms with E-state index in [1.54, 1.807) is 12.4 Å². The van der Waals surface area contributed by atoms with E-state index in [2.05, 4.69) is 49.8 Å². The number of morpholine rings is 2. The summed E-state index contributed by atoms with van der Waals surface area (Å²) in [6.45, 7) is 6.55. The molecule has 8 heteroatoms. The second kappa shape index (κ2) is 8.91. The largest absolute Gasteiger partial charge is 0.378 e. The first-order chi connectivity index (χ1) is 14.9. The Morgan fingerprint density at radius 2 is 1.90 bits per heavy atom. The Morgan fingerprint density at radius 3 is 2.70 bits per heavy atom. The Kier molecular flexibility index (Phi) is 5.69. The minimum absolute atomic E-state index is 0.115. The molecule has 0 bridgehead atoms. The fraction of sp³-hybridized carbons (Fsp3) is 0.409. The normalized spacial score (nSPS) is 19.7. The summed E-state index contributed by atoms with van der Waals surface area (Å²) in [6, 6.07) is 10.5. The Balaban J connectivity index is 1.41. The van der Waals surface area contributed by atoms with Crippen molar-refractivity contribution in [2.75, 3.05) is 62.8 Å². The van der Waals surface area contributed by atoms with Crippen LogP contribution < -0.4 is 15.5 Å². The molecule has 2 N–H and O–H groups in total. The van der Waals surface area contributed by atoms with Gasteiger partial charge in [0.05, 0.1) is 37.1 Å². The van der Waals surface area contributed by atoms with Crippen molar-refractivity contribution in [2.24, 2.45) is 0 Å². The number of aromatic nitrogens is 3. The predicted octanol–water partition coefficient (Wildman–Crippen LogP) is 1.93. The summed E-state index contributed by atoms with van der Waals surface area (Å²) in [6.07, 6.45) is 3.53. The van der Waals surface area contributed by atoms with Gasteiger partial charge in [-0.25, -0.2) is 9.97 Å². The smallest absolute Gasteiger partial charge is 0.154 e. The van der Waals surface area contributed by atoms with E-state index in [9.17, 15) is 0 Å². The molecule has 2 aliphatic heterocycles. The number of anilines is 2.